The van der Waals surface area contributed by atoms with Gasteiger partial charge in [-0.2, -0.15) is 0 Å². The average Bonchev–Trinajstić information content (AvgIpc) is 3.19. The minimum absolute atomic E-state index is 0.0766. The summed E-state index contributed by atoms with van der Waals surface area (Å²) in [5, 5.41) is 13.0. The van der Waals surface area contributed by atoms with Crippen molar-refractivity contribution in [3.8, 4) is 17.2 Å². The first-order chi connectivity index (χ1) is 16.4. The molecule has 0 saturated heterocycles. The maximum atomic E-state index is 12.6. The Morgan fingerprint density at radius 1 is 1.09 bits per heavy atom. The van der Waals surface area contributed by atoms with Crippen molar-refractivity contribution in [3.05, 3.63) is 63.9 Å². The van der Waals surface area contributed by atoms with Crippen LogP contribution in [-0.4, -0.2) is 40.6 Å². The lowest BCUT2D eigenvalue weighted by molar-refractivity contribution is -0.113. The van der Waals surface area contributed by atoms with E-state index in [9.17, 15) is 4.79 Å². The summed E-state index contributed by atoms with van der Waals surface area (Å²) < 4.78 is 18.1. The van der Waals surface area contributed by atoms with Crippen LogP contribution in [0.4, 0.5) is 5.69 Å². The van der Waals surface area contributed by atoms with Crippen LogP contribution in [0.1, 0.15) is 5.82 Å². The van der Waals surface area contributed by atoms with Crippen LogP contribution in [0, 0.1) is 0 Å². The van der Waals surface area contributed by atoms with Gasteiger partial charge in [0, 0.05) is 23.7 Å². The van der Waals surface area contributed by atoms with E-state index >= 15 is 0 Å². The predicted octanol–water partition coefficient (Wildman–Crippen LogP) is 5.75. The Labute approximate surface area is 216 Å². The molecule has 34 heavy (non-hydrogen) atoms. The number of methoxy groups -OCH3 is 2. The highest BCUT2D eigenvalue weighted by atomic mass is 35.5. The molecule has 0 radical (unpaired) electrons. The van der Waals surface area contributed by atoms with Crippen molar-refractivity contribution in [1.82, 2.24) is 14.8 Å². The van der Waals surface area contributed by atoms with Crippen LogP contribution in [0.15, 0.2) is 48.1 Å². The lowest BCUT2D eigenvalue weighted by Crippen LogP contribution is -2.15. The molecular weight excluding hydrogens is 523 g/mol. The van der Waals surface area contributed by atoms with Crippen molar-refractivity contribution in [3.63, 3.8) is 0 Å². The highest BCUT2D eigenvalue weighted by Crippen LogP contribution is 2.36. The Morgan fingerprint density at radius 2 is 1.82 bits per heavy atom. The number of anilines is 1. The Hall–Kier alpha value is -2.59. The molecule has 0 aliphatic rings. The summed E-state index contributed by atoms with van der Waals surface area (Å²) in [5.74, 6) is 1.67. The molecule has 1 heterocycles. The second-order valence-corrected chi connectivity index (χ2v) is 8.88. The third-order valence-corrected chi connectivity index (χ3v) is 6.23. The van der Waals surface area contributed by atoms with E-state index in [4.69, 9.17) is 49.0 Å². The zero-order valence-electron chi connectivity index (χ0n) is 18.3. The summed E-state index contributed by atoms with van der Waals surface area (Å²) in [6.07, 6.45) is 1.71. The SMILES string of the molecule is C=CCn1c(COc2ccc(Cl)cc2Cl)nnc1SCC(=O)Nc1cc(OC)c(Cl)cc1OC. The number of aromatic nitrogens is 3. The van der Waals surface area contributed by atoms with Gasteiger partial charge in [-0.05, 0) is 18.2 Å². The number of hydrogen-bond acceptors (Lipinski definition) is 7. The molecule has 1 aromatic heterocycles. The number of rotatable bonds is 11. The number of hydrogen-bond donors (Lipinski definition) is 1. The van der Waals surface area contributed by atoms with Gasteiger partial charge in [-0.15, -0.1) is 16.8 Å². The number of allylic oxidation sites excluding steroid dienone is 1. The molecule has 0 saturated carbocycles. The second-order valence-electron chi connectivity index (χ2n) is 6.69. The number of benzene rings is 2. The van der Waals surface area contributed by atoms with E-state index in [0.717, 1.165) is 0 Å². The molecule has 0 bridgehead atoms. The van der Waals surface area contributed by atoms with Crippen molar-refractivity contribution in [2.45, 2.75) is 18.3 Å². The first kappa shape index (κ1) is 26.0. The molecular formula is C22H21Cl3N4O4S. The highest BCUT2D eigenvalue weighted by Gasteiger charge is 2.17. The van der Waals surface area contributed by atoms with Crippen molar-refractivity contribution in [2.75, 3.05) is 25.3 Å². The number of thioether (sulfide) groups is 1. The fourth-order valence-corrected chi connectivity index (χ4v) is 4.31. The molecule has 3 aromatic rings. The maximum absolute atomic E-state index is 12.6. The second kappa shape index (κ2) is 12.2. The monoisotopic (exact) mass is 542 g/mol. The molecule has 180 valence electrons. The van der Waals surface area contributed by atoms with Crippen molar-refractivity contribution >= 4 is 58.2 Å². The highest BCUT2D eigenvalue weighted by molar-refractivity contribution is 7.99. The summed E-state index contributed by atoms with van der Waals surface area (Å²) in [4.78, 5) is 12.6. The zero-order valence-corrected chi connectivity index (χ0v) is 21.4. The van der Waals surface area contributed by atoms with Crippen molar-refractivity contribution < 1.29 is 19.0 Å². The van der Waals surface area contributed by atoms with Gasteiger partial charge in [0.1, 0.15) is 23.9 Å². The van der Waals surface area contributed by atoms with Crippen LogP contribution in [0.5, 0.6) is 17.2 Å². The van der Waals surface area contributed by atoms with E-state index in [-0.39, 0.29) is 18.3 Å². The van der Waals surface area contributed by atoms with E-state index in [1.54, 1.807) is 41.0 Å². The molecule has 1 N–H and O–H groups in total. The van der Waals surface area contributed by atoms with Gasteiger partial charge in [0.2, 0.25) is 5.91 Å². The lowest BCUT2D eigenvalue weighted by Gasteiger charge is -2.13. The number of halogens is 3. The van der Waals surface area contributed by atoms with Gasteiger partial charge in [0.05, 0.1) is 35.7 Å². The minimum Gasteiger partial charge on any atom is -0.495 e. The zero-order chi connectivity index (χ0) is 24.7. The molecule has 0 atom stereocenters. The van der Waals surface area contributed by atoms with E-state index in [2.05, 4.69) is 22.1 Å². The van der Waals surface area contributed by atoms with Crippen molar-refractivity contribution in [1.29, 1.82) is 0 Å². The van der Waals surface area contributed by atoms with Gasteiger partial charge in [0.25, 0.3) is 0 Å². The van der Waals surface area contributed by atoms with Gasteiger partial charge >= 0.3 is 0 Å². The standard InChI is InChI=1S/C22H21Cl3N4O4S/c1-4-7-29-20(11-33-17-6-5-13(23)8-14(17)24)27-28-22(29)34-12-21(30)26-16-10-18(31-2)15(25)9-19(16)32-3/h4-6,8-10H,1,7,11-12H2,2-3H3,(H,26,30). The van der Waals surface area contributed by atoms with Gasteiger partial charge in [-0.3, -0.25) is 9.36 Å². The first-order valence-corrected chi connectivity index (χ1v) is 11.9. The molecule has 3 rings (SSSR count). The van der Waals surface area contributed by atoms with Crippen LogP contribution in [0.2, 0.25) is 15.1 Å². The number of carbonyl (C=O) groups is 1. The van der Waals surface area contributed by atoms with E-state index in [0.29, 0.717) is 55.5 Å². The number of ether oxygens (including phenoxy) is 3. The van der Waals surface area contributed by atoms with Crippen LogP contribution in [0.25, 0.3) is 0 Å². The van der Waals surface area contributed by atoms with Gasteiger partial charge in [-0.1, -0.05) is 52.6 Å². The van der Waals surface area contributed by atoms with E-state index < -0.39 is 0 Å². The molecule has 0 aliphatic carbocycles. The third kappa shape index (κ3) is 6.50. The predicted molar refractivity (Wildman–Crippen MR) is 135 cm³/mol. The molecule has 8 nitrogen and oxygen atoms in total. The Bertz CT molecular complexity index is 1190. The van der Waals surface area contributed by atoms with Crippen LogP contribution in [-0.2, 0) is 17.9 Å². The Balaban J connectivity index is 1.67. The Kier molecular flexibility index (Phi) is 9.35. The number of amides is 1. The fraction of sp³-hybridized carbons (Fsp3) is 0.227. The Morgan fingerprint density at radius 3 is 2.50 bits per heavy atom. The number of carbonyl (C=O) groups excluding carboxylic acids is 1. The first-order valence-electron chi connectivity index (χ1n) is 9.81. The molecule has 2 aromatic carbocycles. The summed E-state index contributed by atoms with van der Waals surface area (Å²) in [5.41, 5.74) is 0.441. The van der Waals surface area contributed by atoms with Crippen LogP contribution >= 0.6 is 46.6 Å². The van der Waals surface area contributed by atoms with E-state index in [1.165, 1.54) is 26.0 Å². The van der Waals surface area contributed by atoms with Crippen molar-refractivity contribution in [2.24, 2.45) is 0 Å². The quantitative estimate of drug-likeness (QED) is 0.243. The average molecular weight is 544 g/mol. The van der Waals surface area contributed by atoms with Gasteiger partial charge in [0.15, 0.2) is 11.0 Å². The molecule has 0 fully saturated rings. The molecule has 1 amide bonds. The topological polar surface area (TPSA) is 87.5 Å². The molecule has 0 aliphatic heterocycles. The molecule has 0 spiro atoms. The summed E-state index contributed by atoms with van der Waals surface area (Å²) in [7, 11) is 2.98. The largest absolute Gasteiger partial charge is 0.495 e. The van der Waals surface area contributed by atoms with Crippen LogP contribution < -0.4 is 19.5 Å². The fourth-order valence-electron chi connectivity index (χ4n) is 2.85. The summed E-state index contributed by atoms with van der Waals surface area (Å²) in [6, 6.07) is 8.13. The lowest BCUT2D eigenvalue weighted by atomic mass is 10.2. The third-order valence-electron chi connectivity index (χ3n) is 4.44. The smallest absolute Gasteiger partial charge is 0.234 e. The van der Waals surface area contributed by atoms with Gasteiger partial charge in [-0.25, -0.2) is 0 Å². The maximum Gasteiger partial charge on any atom is 0.234 e. The van der Waals surface area contributed by atoms with E-state index in [1.807, 2.05) is 0 Å². The molecule has 0 unspecified atom stereocenters. The van der Waals surface area contributed by atoms with Crippen LogP contribution in [0.3, 0.4) is 0 Å². The number of nitrogens with one attached hydrogen (secondary N) is 1. The molecule has 12 heteroatoms. The normalized spacial score (nSPS) is 10.6. The number of nitrogens with zero attached hydrogens (tertiary/aromatic N) is 3. The van der Waals surface area contributed by atoms with Gasteiger partial charge < -0.3 is 19.5 Å². The summed E-state index contributed by atoms with van der Waals surface area (Å²) >= 11 is 19.4. The summed E-state index contributed by atoms with van der Waals surface area (Å²) in [6.45, 7) is 4.33. The minimum atomic E-state index is -0.272.